The fourth-order valence-electron chi connectivity index (χ4n) is 3.30. The summed E-state index contributed by atoms with van der Waals surface area (Å²) in [6.07, 6.45) is 6.89. The third kappa shape index (κ3) is 3.68. The Kier molecular flexibility index (Phi) is 5.08. The average molecular weight is 415 g/mol. The number of hydrogen-bond donors (Lipinski definition) is 1. The van der Waals surface area contributed by atoms with E-state index in [0.29, 0.717) is 0 Å². The van der Waals surface area contributed by atoms with Gasteiger partial charge < -0.3 is 15.1 Å². The fraction of sp³-hybridized carbons (Fsp3) is 0.368. The van der Waals surface area contributed by atoms with E-state index in [1.165, 1.54) is 0 Å². The quantitative estimate of drug-likeness (QED) is 0.709. The smallest absolute Gasteiger partial charge is 0.155 e. The first-order valence-corrected chi connectivity index (χ1v) is 9.74. The van der Waals surface area contributed by atoms with Crippen LogP contribution in [0.2, 0.25) is 0 Å². The number of hydrogen-bond acceptors (Lipinski definition) is 5. The van der Waals surface area contributed by atoms with E-state index in [0.717, 1.165) is 66.5 Å². The minimum atomic E-state index is 0.727. The van der Waals surface area contributed by atoms with Crippen LogP contribution in [0.1, 0.15) is 12.0 Å². The Morgan fingerprint density at radius 3 is 2.96 bits per heavy atom. The lowest BCUT2D eigenvalue weighted by atomic mass is 10.3. The summed E-state index contributed by atoms with van der Waals surface area (Å²) in [7, 11) is 2.19. The molecule has 0 radical (unpaired) electrons. The molecular weight excluding hydrogens is 392 g/mol. The molecule has 0 atom stereocenters. The minimum Gasteiger partial charge on any atom is -0.367 e. The number of pyridine rings is 1. The summed E-state index contributed by atoms with van der Waals surface area (Å²) < 4.78 is 3.10. The van der Waals surface area contributed by atoms with Gasteiger partial charge in [0.1, 0.15) is 11.6 Å². The van der Waals surface area contributed by atoms with Crippen LogP contribution >= 0.6 is 15.9 Å². The molecule has 136 valence electrons. The molecule has 0 amide bonds. The van der Waals surface area contributed by atoms with Crippen molar-refractivity contribution < 1.29 is 0 Å². The Balaban J connectivity index is 1.65. The number of nitrogens with zero attached hydrogens (tertiary/aromatic N) is 5. The zero-order chi connectivity index (χ0) is 17.9. The molecule has 4 heterocycles. The van der Waals surface area contributed by atoms with Gasteiger partial charge in [0.2, 0.25) is 0 Å². The molecule has 0 spiro atoms. The topological polar surface area (TPSA) is 48.7 Å². The van der Waals surface area contributed by atoms with Gasteiger partial charge in [-0.3, -0.25) is 9.38 Å². The lowest BCUT2D eigenvalue weighted by Crippen LogP contribution is -2.29. The van der Waals surface area contributed by atoms with Crippen molar-refractivity contribution in [3.05, 3.63) is 52.9 Å². The first-order chi connectivity index (χ1) is 12.7. The van der Waals surface area contributed by atoms with Gasteiger partial charge in [-0.1, -0.05) is 6.07 Å². The molecule has 0 bridgehead atoms. The molecule has 7 heteroatoms. The SMILES string of the molecule is CN1CCCN(c2cc(NCc3cccnc3)n3ccc(Br)c3n2)CC1. The number of anilines is 2. The second kappa shape index (κ2) is 7.63. The molecule has 0 saturated carbocycles. The summed E-state index contributed by atoms with van der Waals surface area (Å²) in [5.41, 5.74) is 2.09. The van der Waals surface area contributed by atoms with Crippen molar-refractivity contribution in [3.63, 3.8) is 0 Å². The predicted molar refractivity (Wildman–Crippen MR) is 109 cm³/mol. The Morgan fingerprint density at radius 2 is 2.12 bits per heavy atom. The molecule has 3 aromatic heterocycles. The van der Waals surface area contributed by atoms with Crippen molar-refractivity contribution >= 4 is 33.2 Å². The first kappa shape index (κ1) is 17.3. The van der Waals surface area contributed by atoms with Crippen LogP contribution in [0.15, 0.2) is 47.3 Å². The summed E-state index contributed by atoms with van der Waals surface area (Å²) in [5, 5.41) is 3.55. The molecular formula is C19H23BrN6. The van der Waals surface area contributed by atoms with Gasteiger partial charge >= 0.3 is 0 Å². The fourth-order valence-corrected chi connectivity index (χ4v) is 3.70. The predicted octanol–water partition coefficient (Wildman–Crippen LogP) is 3.25. The highest BCUT2D eigenvalue weighted by molar-refractivity contribution is 9.10. The lowest BCUT2D eigenvalue weighted by Gasteiger charge is -2.23. The number of fused-ring (bicyclic) bond motifs is 1. The van der Waals surface area contributed by atoms with E-state index in [9.17, 15) is 0 Å². The van der Waals surface area contributed by atoms with E-state index in [2.05, 4.69) is 59.6 Å². The number of likely N-dealkylation sites (N-methyl/N-ethyl adjacent to an activating group) is 1. The molecule has 1 aliphatic rings. The van der Waals surface area contributed by atoms with Crippen molar-refractivity contribution in [3.8, 4) is 0 Å². The molecule has 0 aromatic carbocycles. The van der Waals surface area contributed by atoms with Crippen LogP contribution in [-0.2, 0) is 6.54 Å². The number of rotatable bonds is 4. The standard InChI is InChI=1S/C19H23BrN6/c1-24-7-3-8-25(11-10-24)18-12-17(22-14-15-4-2-6-21-13-15)26-9-5-16(20)19(26)23-18/h2,4-6,9,12-13,22H,3,7-8,10-11,14H2,1H3. The van der Waals surface area contributed by atoms with Crippen LogP contribution in [0.5, 0.6) is 0 Å². The highest BCUT2D eigenvalue weighted by atomic mass is 79.9. The Hall–Kier alpha value is -2.12. The van der Waals surface area contributed by atoms with Crippen LogP contribution in [0.3, 0.4) is 0 Å². The summed E-state index contributed by atoms with van der Waals surface area (Å²) >= 11 is 3.63. The van der Waals surface area contributed by atoms with E-state index in [4.69, 9.17) is 4.98 Å². The molecule has 26 heavy (non-hydrogen) atoms. The lowest BCUT2D eigenvalue weighted by molar-refractivity contribution is 0.360. The summed E-state index contributed by atoms with van der Waals surface area (Å²) in [6, 6.07) is 8.23. The largest absolute Gasteiger partial charge is 0.367 e. The maximum Gasteiger partial charge on any atom is 0.155 e. The summed E-state index contributed by atoms with van der Waals surface area (Å²) in [6.45, 7) is 4.96. The van der Waals surface area contributed by atoms with Gasteiger partial charge in [0, 0.05) is 50.8 Å². The number of nitrogens with one attached hydrogen (secondary N) is 1. The van der Waals surface area contributed by atoms with Gasteiger partial charge in [0.05, 0.1) is 4.47 Å². The van der Waals surface area contributed by atoms with Crippen molar-refractivity contribution in [1.82, 2.24) is 19.3 Å². The maximum absolute atomic E-state index is 4.91. The van der Waals surface area contributed by atoms with Crippen molar-refractivity contribution in [2.45, 2.75) is 13.0 Å². The highest BCUT2D eigenvalue weighted by Gasteiger charge is 2.17. The Bertz CT molecular complexity index is 878. The second-order valence-electron chi connectivity index (χ2n) is 6.72. The molecule has 1 N–H and O–H groups in total. The van der Waals surface area contributed by atoms with Gasteiger partial charge in [-0.05, 0) is 53.6 Å². The number of halogens is 1. The average Bonchev–Trinajstić information content (AvgIpc) is 2.90. The molecule has 0 aliphatic carbocycles. The Labute approximate surface area is 162 Å². The normalized spacial score (nSPS) is 16.0. The monoisotopic (exact) mass is 414 g/mol. The molecule has 6 nitrogen and oxygen atoms in total. The van der Waals surface area contributed by atoms with Crippen LogP contribution in [-0.4, -0.2) is 52.5 Å². The second-order valence-corrected chi connectivity index (χ2v) is 7.57. The number of aromatic nitrogens is 3. The molecule has 3 aromatic rings. The molecule has 1 fully saturated rings. The van der Waals surface area contributed by atoms with Crippen LogP contribution in [0, 0.1) is 0 Å². The van der Waals surface area contributed by atoms with Crippen molar-refractivity contribution in [2.75, 3.05) is 43.4 Å². The third-order valence-electron chi connectivity index (χ3n) is 4.80. The highest BCUT2D eigenvalue weighted by Crippen LogP contribution is 2.26. The zero-order valence-electron chi connectivity index (χ0n) is 14.9. The first-order valence-electron chi connectivity index (χ1n) is 8.94. The van der Waals surface area contributed by atoms with Crippen LogP contribution in [0.25, 0.3) is 5.65 Å². The van der Waals surface area contributed by atoms with Crippen molar-refractivity contribution in [1.29, 1.82) is 0 Å². The van der Waals surface area contributed by atoms with E-state index < -0.39 is 0 Å². The van der Waals surface area contributed by atoms with Gasteiger partial charge in [-0.25, -0.2) is 4.98 Å². The van der Waals surface area contributed by atoms with E-state index in [1.807, 2.05) is 24.5 Å². The third-order valence-corrected chi connectivity index (χ3v) is 5.42. The summed E-state index contributed by atoms with van der Waals surface area (Å²) in [4.78, 5) is 13.9. The van der Waals surface area contributed by atoms with E-state index in [1.54, 1.807) is 6.20 Å². The maximum atomic E-state index is 4.91. The van der Waals surface area contributed by atoms with Gasteiger partial charge in [-0.2, -0.15) is 0 Å². The van der Waals surface area contributed by atoms with Crippen molar-refractivity contribution in [2.24, 2.45) is 0 Å². The van der Waals surface area contributed by atoms with E-state index in [-0.39, 0.29) is 0 Å². The molecule has 4 rings (SSSR count). The molecule has 0 unspecified atom stereocenters. The molecule has 1 aliphatic heterocycles. The minimum absolute atomic E-state index is 0.727. The van der Waals surface area contributed by atoms with E-state index >= 15 is 0 Å². The Morgan fingerprint density at radius 1 is 1.19 bits per heavy atom. The summed E-state index contributed by atoms with van der Waals surface area (Å²) in [5.74, 6) is 2.07. The zero-order valence-corrected chi connectivity index (χ0v) is 16.5. The van der Waals surface area contributed by atoms with Crippen LogP contribution < -0.4 is 10.2 Å². The van der Waals surface area contributed by atoms with Crippen LogP contribution in [0.4, 0.5) is 11.6 Å². The molecule has 1 saturated heterocycles. The van der Waals surface area contributed by atoms with Gasteiger partial charge in [0.15, 0.2) is 5.65 Å². The van der Waals surface area contributed by atoms with Gasteiger partial charge in [-0.15, -0.1) is 0 Å². The van der Waals surface area contributed by atoms with Gasteiger partial charge in [0.25, 0.3) is 0 Å².